The molecule has 3 heterocycles. The van der Waals surface area contributed by atoms with E-state index in [-0.39, 0.29) is 5.43 Å². The molecule has 3 aromatic carbocycles. The Kier molecular flexibility index (Phi) is 6.52. The summed E-state index contributed by atoms with van der Waals surface area (Å²) in [7, 11) is 1.99. The van der Waals surface area contributed by atoms with Crippen molar-refractivity contribution in [1.82, 2.24) is 9.55 Å². The van der Waals surface area contributed by atoms with Crippen LogP contribution in [0.25, 0.3) is 32.7 Å². The minimum atomic E-state index is 0.115. The lowest BCUT2D eigenvalue weighted by Gasteiger charge is -2.09. The lowest BCUT2D eigenvalue weighted by molar-refractivity contribution is 1.00. The van der Waals surface area contributed by atoms with Crippen molar-refractivity contribution in [3.63, 3.8) is 0 Å². The van der Waals surface area contributed by atoms with E-state index in [2.05, 4.69) is 59.1 Å². The van der Waals surface area contributed by atoms with Crippen molar-refractivity contribution in [2.45, 2.75) is 13.8 Å². The van der Waals surface area contributed by atoms with Gasteiger partial charge in [-0.15, -0.1) is 11.3 Å². The van der Waals surface area contributed by atoms with Crippen molar-refractivity contribution in [2.75, 3.05) is 0 Å². The fourth-order valence-corrected chi connectivity index (χ4v) is 4.30. The van der Waals surface area contributed by atoms with Gasteiger partial charge in [-0.3, -0.25) is 4.79 Å². The predicted octanol–water partition coefficient (Wildman–Crippen LogP) is 7.22. The first-order valence-corrected chi connectivity index (χ1v) is 11.4. The van der Waals surface area contributed by atoms with E-state index in [4.69, 9.17) is 0 Å². The van der Waals surface area contributed by atoms with Crippen LogP contribution >= 0.6 is 11.3 Å². The fourth-order valence-electron chi connectivity index (χ4n) is 3.77. The van der Waals surface area contributed by atoms with Gasteiger partial charge in [-0.2, -0.15) is 0 Å². The minimum absolute atomic E-state index is 0.115. The highest BCUT2D eigenvalue weighted by atomic mass is 32.1. The van der Waals surface area contributed by atoms with Crippen molar-refractivity contribution >= 4 is 44.0 Å². The summed E-state index contributed by atoms with van der Waals surface area (Å²) in [6.07, 6.45) is 2.03. The highest BCUT2D eigenvalue weighted by molar-refractivity contribution is 7.09. The molecule has 0 saturated heterocycles. The van der Waals surface area contributed by atoms with Crippen LogP contribution in [0.3, 0.4) is 0 Å². The number of nitrogens with one attached hydrogen (secondary N) is 1. The maximum atomic E-state index is 12.2. The van der Waals surface area contributed by atoms with Crippen LogP contribution in [0.5, 0.6) is 0 Å². The van der Waals surface area contributed by atoms with Gasteiger partial charge in [0.1, 0.15) is 0 Å². The number of nitrogens with zero attached hydrogens (tertiary/aromatic N) is 1. The summed E-state index contributed by atoms with van der Waals surface area (Å²) in [5.41, 5.74) is 4.61. The molecule has 6 aromatic rings. The molecule has 0 radical (unpaired) electrons. The highest BCUT2D eigenvalue weighted by Gasteiger charge is 2.06. The van der Waals surface area contributed by atoms with Gasteiger partial charge in [-0.25, -0.2) is 0 Å². The summed E-state index contributed by atoms with van der Waals surface area (Å²) >= 11 is 1.78. The van der Waals surface area contributed by atoms with Crippen LogP contribution in [0.4, 0.5) is 0 Å². The smallest absolute Gasteiger partial charge is 0.197 e. The quantitative estimate of drug-likeness (QED) is 0.250. The summed E-state index contributed by atoms with van der Waals surface area (Å²) in [4.78, 5) is 16.8. The van der Waals surface area contributed by atoms with E-state index in [0.29, 0.717) is 0 Å². The molecule has 3 nitrogen and oxygen atoms in total. The van der Waals surface area contributed by atoms with E-state index in [9.17, 15) is 4.79 Å². The van der Waals surface area contributed by atoms with E-state index in [1.165, 1.54) is 21.3 Å². The summed E-state index contributed by atoms with van der Waals surface area (Å²) in [5, 5.41) is 4.96. The molecule has 0 bridgehead atoms. The molecule has 0 aliphatic heterocycles. The average molecular weight is 439 g/mol. The Morgan fingerprint density at radius 2 is 1.28 bits per heavy atom. The Morgan fingerprint density at radius 1 is 0.719 bits per heavy atom. The highest BCUT2D eigenvalue weighted by Crippen LogP contribution is 2.17. The van der Waals surface area contributed by atoms with Gasteiger partial charge in [0.15, 0.2) is 5.43 Å². The third-order valence-electron chi connectivity index (χ3n) is 5.48. The molecule has 0 spiro atoms. The zero-order valence-corrected chi connectivity index (χ0v) is 19.3. The molecule has 0 aliphatic rings. The van der Waals surface area contributed by atoms with E-state index in [1.807, 2.05) is 67.8 Å². The van der Waals surface area contributed by atoms with Crippen LogP contribution in [0, 0.1) is 13.8 Å². The van der Waals surface area contributed by atoms with Crippen LogP contribution in [-0.4, -0.2) is 9.55 Å². The molecule has 0 fully saturated rings. The van der Waals surface area contributed by atoms with Gasteiger partial charge in [-0.05, 0) is 61.2 Å². The average Bonchev–Trinajstić information content (AvgIpc) is 3.47. The third-order valence-corrected chi connectivity index (χ3v) is 6.28. The molecule has 4 heteroatoms. The molecular formula is C28H26N2OS. The number of hydrogen-bond donors (Lipinski definition) is 1. The summed E-state index contributed by atoms with van der Waals surface area (Å²) < 4.78 is 2.06. The zero-order valence-electron chi connectivity index (χ0n) is 18.5. The second-order valence-corrected chi connectivity index (χ2v) is 8.82. The first-order chi connectivity index (χ1) is 15.6. The lowest BCUT2D eigenvalue weighted by Crippen LogP contribution is -2.08. The summed E-state index contributed by atoms with van der Waals surface area (Å²) in [5.74, 6) is 0. The molecule has 0 saturated carbocycles. The van der Waals surface area contributed by atoms with Gasteiger partial charge in [0.05, 0.1) is 11.0 Å². The van der Waals surface area contributed by atoms with Crippen LogP contribution in [-0.2, 0) is 7.05 Å². The lowest BCUT2D eigenvalue weighted by atomic mass is 10.1. The van der Waals surface area contributed by atoms with E-state index < -0.39 is 0 Å². The molecule has 3 aromatic heterocycles. The largest absolute Gasteiger partial charge is 0.361 e. The zero-order chi connectivity index (χ0) is 22.5. The maximum Gasteiger partial charge on any atom is 0.197 e. The Balaban J connectivity index is 0.000000130. The number of aromatic amines is 1. The maximum absolute atomic E-state index is 12.2. The van der Waals surface area contributed by atoms with Gasteiger partial charge >= 0.3 is 0 Å². The molecule has 1 N–H and O–H groups in total. The standard InChI is InChI=1S/C14H11NO.C9H9N.C5H6S/c1-15-12-8-4-2-6-10(12)14(16)11-7-3-5-9-13(11)15;1-7-6-10-9-5-3-2-4-8(7)9;1-5-3-2-4-6-5/h2-9H,1H3;2-6,10H,1H3;2-4H,1H3. The number of hydrogen-bond acceptors (Lipinski definition) is 2. The van der Waals surface area contributed by atoms with Gasteiger partial charge in [0.25, 0.3) is 0 Å². The number of benzene rings is 3. The van der Waals surface area contributed by atoms with Crippen LogP contribution in [0.15, 0.2) is 101 Å². The topological polar surface area (TPSA) is 37.8 Å². The molecule has 160 valence electrons. The normalized spacial score (nSPS) is 10.5. The number of thiophene rings is 1. The molecule has 32 heavy (non-hydrogen) atoms. The van der Waals surface area contributed by atoms with Gasteiger partial charge in [0.2, 0.25) is 0 Å². The van der Waals surface area contributed by atoms with E-state index in [0.717, 1.165) is 21.8 Å². The number of fused-ring (bicyclic) bond motifs is 3. The Labute approximate surface area is 191 Å². The van der Waals surface area contributed by atoms with Crippen molar-refractivity contribution < 1.29 is 0 Å². The second-order valence-electron chi connectivity index (χ2n) is 7.66. The SMILES string of the molecule is Cc1c[nH]c2ccccc12.Cc1cccs1.Cn1c2ccccc2c(=O)c2ccccc21. The molecule has 6 rings (SSSR count). The summed E-state index contributed by atoms with van der Waals surface area (Å²) in [6, 6.07) is 27.9. The predicted molar refractivity (Wildman–Crippen MR) is 139 cm³/mol. The number of H-pyrrole nitrogens is 1. The van der Waals surface area contributed by atoms with Crippen molar-refractivity contribution in [1.29, 1.82) is 0 Å². The van der Waals surface area contributed by atoms with E-state index in [1.54, 1.807) is 11.3 Å². The second kappa shape index (κ2) is 9.67. The number of pyridine rings is 1. The Morgan fingerprint density at radius 3 is 1.78 bits per heavy atom. The van der Waals surface area contributed by atoms with Crippen LogP contribution in [0.2, 0.25) is 0 Å². The van der Waals surface area contributed by atoms with Crippen molar-refractivity contribution in [2.24, 2.45) is 7.05 Å². The number of rotatable bonds is 0. The van der Waals surface area contributed by atoms with Gasteiger partial charge in [0, 0.05) is 39.8 Å². The monoisotopic (exact) mass is 438 g/mol. The van der Waals surface area contributed by atoms with Crippen molar-refractivity contribution in [3.05, 3.63) is 117 Å². The van der Waals surface area contributed by atoms with Crippen LogP contribution < -0.4 is 5.43 Å². The molecular weight excluding hydrogens is 412 g/mol. The Bertz CT molecular complexity index is 1460. The van der Waals surface area contributed by atoms with Gasteiger partial charge < -0.3 is 9.55 Å². The van der Waals surface area contributed by atoms with Gasteiger partial charge in [-0.1, -0.05) is 48.5 Å². The molecule has 0 unspecified atom stereocenters. The number of para-hydroxylation sites is 3. The van der Waals surface area contributed by atoms with Crippen molar-refractivity contribution in [3.8, 4) is 0 Å². The number of aromatic nitrogens is 2. The fraction of sp³-hybridized carbons (Fsp3) is 0.107. The summed E-state index contributed by atoms with van der Waals surface area (Å²) in [6.45, 7) is 4.21. The molecule has 0 amide bonds. The number of aryl methyl sites for hydroxylation is 3. The molecule has 0 aliphatic carbocycles. The third kappa shape index (κ3) is 4.51. The minimum Gasteiger partial charge on any atom is -0.361 e. The van der Waals surface area contributed by atoms with Crippen LogP contribution in [0.1, 0.15) is 10.4 Å². The Hall–Kier alpha value is -3.63. The molecule has 0 atom stereocenters. The van der Waals surface area contributed by atoms with E-state index >= 15 is 0 Å². The first kappa shape index (κ1) is 21.6. The first-order valence-electron chi connectivity index (χ1n) is 10.6.